The first kappa shape index (κ1) is 28.3. The molecule has 1 amide bonds. The van der Waals surface area contributed by atoms with Crippen molar-refractivity contribution in [2.75, 3.05) is 7.05 Å². The molecule has 2 aromatic carbocycles. The van der Waals surface area contributed by atoms with Crippen LogP contribution in [0.4, 0.5) is 0 Å². The highest BCUT2D eigenvalue weighted by molar-refractivity contribution is 5.93. The average Bonchev–Trinajstić information content (AvgIpc) is 2.74. The predicted molar refractivity (Wildman–Crippen MR) is 136 cm³/mol. The molecule has 2 N–H and O–H groups in total. The van der Waals surface area contributed by atoms with Gasteiger partial charge in [0.1, 0.15) is 0 Å². The smallest absolute Gasteiger partial charge is 0.331 e. The van der Waals surface area contributed by atoms with Crippen LogP contribution < -0.4 is 5.32 Å². The van der Waals surface area contributed by atoms with Crippen LogP contribution in [0.15, 0.2) is 95.1 Å². The molecule has 0 aromatic heterocycles. The number of allylic oxidation sites excluding steroid dienone is 4. The van der Waals surface area contributed by atoms with Gasteiger partial charge in [-0.2, -0.15) is 0 Å². The molecule has 0 bridgehead atoms. The van der Waals surface area contributed by atoms with E-state index in [4.69, 9.17) is 5.11 Å². The number of amides is 1. The fourth-order valence-electron chi connectivity index (χ4n) is 2.72. The summed E-state index contributed by atoms with van der Waals surface area (Å²) in [6, 6.07) is 19.9. The molecule has 0 radical (unpaired) electrons. The van der Waals surface area contributed by atoms with E-state index in [0.29, 0.717) is 11.1 Å². The highest BCUT2D eigenvalue weighted by Crippen LogP contribution is 2.10. The first-order valence-electron chi connectivity index (χ1n) is 10.0. The van der Waals surface area contributed by atoms with Crippen LogP contribution in [-0.4, -0.2) is 24.0 Å². The SMILES string of the molecule is C.CC(=C\c1ccccc1)/C=C(\C)C(=O)O.CNC(=O)/C(C)=C/C(C)=C/c1ccccc1. The zero-order valence-corrected chi connectivity index (χ0v) is 18.8. The molecule has 0 heterocycles. The number of carboxylic acid groups (broad SMARTS) is 1. The number of carbonyl (C=O) groups is 2. The molecule has 0 saturated carbocycles. The second-order valence-corrected chi connectivity index (χ2v) is 7.14. The van der Waals surface area contributed by atoms with Crippen LogP contribution >= 0.6 is 0 Å². The number of carboxylic acids is 1. The van der Waals surface area contributed by atoms with Gasteiger partial charge >= 0.3 is 5.97 Å². The predicted octanol–water partition coefficient (Wildman–Crippen LogP) is 6.54. The van der Waals surface area contributed by atoms with Gasteiger partial charge in [-0.3, -0.25) is 4.79 Å². The van der Waals surface area contributed by atoms with Crippen LogP contribution in [0.3, 0.4) is 0 Å². The summed E-state index contributed by atoms with van der Waals surface area (Å²) < 4.78 is 0. The van der Waals surface area contributed by atoms with E-state index in [9.17, 15) is 9.59 Å². The average molecular weight is 434 g/mol. The third kappa shape index (κ3) is 11.5. The zero-order chi connectivity index (χ0) is 23.2. The van der Waals surface area contributed by atoms with Gasteiger partial charge in [0, 0.05) is 18.2 Å². The van der Waals surface area contributed by atoms with Gasteiger partial charge in [0.2, 0.25) is 5.91 Å². The quantitative estimate of drug-likeness (QED) is 0.401. The van der Waals surface area contributed by atoms with Crippen LogP contribution in [-0.2, 0) is 9.59 Å². The van der Waals surface area contributed by atoms with Crippen LogP contribution in [0, 0.1) is 0 Å². The maximum atomic E-state index is 11.3. The van der Waals surface area contributed by atoms with Crippen molar-refractivity contribution in [2.24, 2.45) is 0 Å². The van der Waals surface area contributed by atoms with Crippen LogP contribution in [0.5, 0.6) is 0 Å². The summed E-state index contributed by atoms with van der Waals surface area (Å²) in [7, 11) is 1.63. The van der Waals surface area contributed by atoms with Gasteiger partial charge in [0.15, 0.2) is 0 Å². The first-order valence-corrected chi connectivity index (χ1v) is 10.0. The lowest BCUT2D eigenvalue weighted by Gasteiger charge is -2.00. The maximum absolute atomic E-state index is 11.3. The number of rotatable bonds is 6. The van der Waals surface area contributed by atoms with Crippen LogP contribution in [0.2, 0.25) is 0 Å². The first-order chi connectivity index (χ1) is 14.7. The van der Waals surface area contributed by atoms with E-state index in [2.05, 4.69) is 5.32 Å². The fourth-order valence-corrected chi connectivity index (χ4v) is 2.72. The molecule has 2 aromatic rings. The highest BCUT2D eigenvalue weighted by Gasteiger charge is 2.00. The van der Waals surface area contributed by atoms with Gasteiger partial charge in [-0.05, 0) is 44.9 Å². The zero-order valence-electron chi connectivity index (χ0n) is 18.8. The van der Waals surface area contributed by atoms with E-state index in [1.165, 1.54) is 0 Å². The summed E-state index contributed by atoms with van der Waals surface area (Å²) in [6.45, 7) is 7.27. The molecule has 4 nitrogen and oxygen atoms in total. The standard InChI is InChI=1S/C14H17NO.C13H14O2.CH4/c1-11(9-12(2)14(16)15-3)10-13-7-5-4-6-8-13;1-10(8-11(2)13(14)15)9-12-6-4-3-5-7-12;/h4-10H,1-3H3,(H,15,16);3-9H,1-2H3,(H,14,15);1H4/b11-10+,12-9+;10-9+,11-8+;. The van der Waals surface area contributed by atoms with Crippen molar-refractivity contribution in [1.82, 2.24) is 5.32 Å². The molecule has 0 saturated heterocycles. The van der Waals surface area contributed by atoms with Crippen molar-refractivity contribution in [3.8, 4) is 0 Å². The Balaban J connectivity index is 0.000000584. The van der Waals surface area contributed by atoms with E-state index < -0.39 is 5.97 Å². The van der Waals surface area contributed by atoms with Gasteiger partial charge in [0.05, 0.1) is 0 Å². The lowest BCUT2D eigenvalue weighted by atomic mass is 10.1. The minimum absolute atomic E-state index is 0. The normalized spacial score (nSPS) is 12.2. The number of hydrogen-bond donors (Lipinski definition) is 2. The molecule has 0 aliphatic heterocycles. The van der Waals surface area contributed by atoms with Gasteiger partial charge < -0.3 is 10.4 Å². The number of likely N-dealkylation sites (N-methyl/N-ethyl adjacent to an activating group) is 1. The summed E-state index contributed by atoms with van der Waals surface area (Å²) in [4.78, 5) is 21.9. The largest absolute Gasteiger partial charge is 0.478 e. The van der Waals surface area contributed by atoms with Crippen molar-refractivity contribution >= 4 is 24.0 Å². The second kappa shape index (κ2) is 15.2. The lowest BCUT2D eigenvalue weighted by Crippen LogP contribution is -2.18. The molecule has 0 aliphatic carbocycles. The van der Waals surface area contributed by atoms with Gasteiger partial charge in [-0.15, -0.1) is 0 Å². The summed E-state index contributed by atoms with van der Waals surface area (Å²) in [6.07, 6.45) is 7.54. The third-order valence-corrected chi connectivity index (χ3v) is 4.20. The fraction of sp³-hybridized carbons (Fsp3) is 0.214. The molecular weight excluding hydrogens is 398 g/mol. The van der Waals surface area contributed by atoms with Crippen molar-refractivity contribution < 1.29 is 14.7 Å². The maximum Gasteiger partial charge on any atom is 0.331 e. The minimum Gasteiger partial charge on any atom is -0.478 e. The molecule has 0 aliphatic rings. The number of carbonyl (C=O) groups excluding carboxylic acids is 1. The minimum atomic E-state index is -0.879. The summed E-state index contributed by atoms with van der Waals surface area (Å²) >= 11 is 0. The molecule has 0 atom stereocenters. The van der Waals surface area contributed by atoms with E-state index >= 15 is 0 Å². The Morgan fingerprint density at radius 2 is 1.09 bits per heavy atom. The van der Waals surface area contributed by atoms with Gasteiger partial charge in [-0.1, -0.05) is 97.5 Å². The molecule has 0 unspecified atom stereocenters. The monoisotopic (exact) mass is 433 g/mol. The van der Waals surface area contributed by atoms with Crippen molar-refractivity contribution in [3.05, 3.63) is 106 Å². The molecule has 0 spiro atoms. The summed E-state index contributed by atoms with van der Waals surface area (Å²) in [5, 5.41) is 11.3. The van der Waals surface area contributed by atoms with Gasteiger partial charge in [-0.25, -0.2) is 4.79 Å². The van der Waals surface area contributed by atoms with Crippen molar-refractivity contribution in [3.63, 3.8) is 0 Å². The second-order valence-electron chi connectivity index (χ2n) is 7.14. The van der Waals surface area contributed by atoms with E-state index in [1.807, 2.05) is 92.7 Å². The topological polar surface area (TPSA) is 66.4 Å². The Bertz CT molecular complexity index is 982. The highest BCUT2D eigenvalue weighted by atomic mass is 16.4. The van der Waals surface area contributed by atoms with Crippen LogP contribution in [0.1, 0.15) is 46.2 Å². The van der Waals surface area contributed by atoms with Crippen molar-refractivity contribution in [2.45, 2.75) is 35.1 Å². The number of aliphatic carboxylic acids is 1. The molecule has 4 heteroatoms. The Morgan fingerprint density at radius 1 is 0.719 bits per heavy atom. The van der Waals surface area contributed by atoms with E-state index in [-0.39, 0.29) is 13.3 Å². The molecular formula is C28H35NO3. The van der Waals surface area contributed by atoms with E-state index in [1.54, 1.807) is 27.0 Å². The number of benzene rings is 2. The Kier molecular flexibility index (Phi) is 13.5. The summed E-state index contributed by atoms with van der Waals surface area (Å²) in [5.74, 6) is -0.920. The number of hydrogen-bond acceptors (Lipinski definition) is 2. The molecule has 2 rings (SSSR count). The summed E-state index contributed by atoms with van der Waals surface area (Å²) in [5.41, 5.74) is 5.27. The molecule has 32 heavy (non-hydrogen) atoms. The van der Waals surface area contributed by atoms with E-state index in [0.717, 1.165) is 22.3 Å². The number of nitrogens with one attached hydrogen (secondary N) is 1. The van der Waals surface area contributed by atoms with Crippen LogP contribution in [0.25, 0.3) is 12.2 Å². The van der Waals surface area contributed by atoms with Gasteiger partial charge in [0.25, 0.3) is 0 Å². The lowest BCUT2D eigenvalue weighted by molar-refractivity contribution is -0.132. The third-order valence-electron chi connectivity index (χ3n) is 4.20. The van der Waals surface area contributed by atoms with Crippen molar-refractivity contribution in [1.29, 1.82) is 0 Å². The Morgan fingerprint density at radius 3 is 1.44 bits per heavy atom. The Labute approximate surface area is 192 Å². The Hall–Kier alpha value is -3.66. The molecule has 170 valence electrons. The molecule has 0 fully saturated rings.